The molecule has 2 aromatic rings. The number of para-hydroxylation sites is 1. The molecule has 0 fully saturated rings. The fraction of sp³-hybridized carbons (Fsp3) is 0.286. The zero-order valence-corrected chi connectivity index (χ0v) is 12.5. The van der Waals surface area contributed by atoms with Crippen LogP contribution in [-0.2, 0) is 9.84 Å². The van der Waals surface area contributed by atoms with Gasteiger partial charge in [-0.3, -0.25) is 4.79 Å². The summed E-state index contributed by atoms with van der Waals surface area (Å²) in [6.07, 6.45) is 1.54. The molecule has 0 unspecified atom stereocenters. The summed E-state index contributed by atoms with van der Waals surface area (Å²) in [5.41, 5.74) is 7.27. The molecule has 0 aliphatic carbocycles. The molecule has 1 amide bonds. The number of amides is 1. The van der Waals surface area contributed by atoms with Crippen LogP contribution in [0.4, 0.5) is 5.69 Å². The van der Waals surface area contributed by atoms with Crippen LogP contribution in [0.1, 0.15) is 16.9 Å². The lowest BCUT2D eigenvalue weighted by atomic mass is 10.1. The summed E-state index contributed by atoms with van der Waals surface area (Å²) in [6, 6.07) is 8.82. The first-order chi connectivity index (χ1) is 9.87. The number of anilines is 1. The fourth-order valence-electron chi connectivity index (χ4n) is 1.95. The van der Waals surface area contributed by atoms with Crippen molar-refractivity contribution < 1.29 is 13.2 Å². The molecular weight excluding hydrogens is 290 g/mol. The van der Waals surface area contributed by atoms with E-state index in [0.717, 1.165) is 5.39 Å². The van der Waals surface area contributed by atoms with Crippen LogP contribution in [-0.4, -0.2) is 37.9 Å². The number of carbonyl (C=O) groups is 1. The molecule has 1 aromatic carbocycles. The number of pyridine rings is 1. The maximum atomic E-state index is 12.0. The first kappa shape index (κ1) is 15.2. The first-order valence-electron chi connectivity index (χ1n) is 6.48. The van der Waals surface area contributed by atoms with Crippen LogP contribution < -0.4 is 11.1 Å². The van der Waals surface area contributed by atoms with Gasteiger partial charge in [0.15, 0.2) is 0 Å². The average Bonchev–Trinajstić information content (AvgIpc) is 2.42. The van der Waals surface area contributed by atoms with Gasteiger partial charge in [0.25, 0.3) is 5.91 Å². The van der Waals surface area contributed by atoms with Crippen molar-refractivity contribution in [3.05, 3.63) is 36.0 Å². The van der Waals surface area contributed by atoms with Crippen molar-refractivity contribution in [1.82, 2.24) is 10.3 Å². The Morgan fingerprint density at radius 3 is 2.76 bits per heavy atom. The van der Waals surface area contributed by atoms with Crippen molar-refractivity contribution in [2.75, 3.05) is 24.3 Å². The van der Waals surface area contributed by atoms with Gasteiger partial charge in [0.05, 0.1) is 11.3 Å². The topological polar surface area (TPSA) is 102 Å². The minimum absolute atomic E-state index is 0.0422. The zero-order chi connectivity index (χ0) is 15.5. The molecule has 3 N–H and O–H groups in total. The highest BCUT2D eigenvalue weighted by atomic mass is 32.2. The Bertz CT molecular complexity index is 772. The van der Waals surface area contributed by atoms with Crippen LogP contribution in [0.25, 0.3) is 10.9 Å². The summed E-state index contributed by atoms with van der Waals surface area (Å²) in [4.78, 5) is 16.2. The predicted molar refractivity (Wildman–Crippen MR) is 82.8 cm³/mol. The van der Waals surface area contributed by atoms with Crippen LogP contribution >= 0.6 is 0 Å². The highest BCUT2D eigenvalue weighted by Crippen LogP contribution is 2.19. The highest BCUT2D eigenvalue weighted by Gasteiger charge is 2.10. The lowest BCUT2D eigenvalue weighted by molar-refractivity contribution is 0.0949. The predicted octanol–water partition coefficient (Wildman–Crippen LogP) is 0.982. The van der Waals surface area contributed by atoms with Crippen LogP contribution in [0.15, 0.2) is 30.3 Å². The van der Waals surface area contributed by atoms with E-state index in [1.807, 2.05) is 18.2 Å². The highest BCUT2D eigenvalue weighted by molar-refractivity contribution is 7.90. The molecule has 6 nitrogen and oxygen atoms in total. The van der Waals surface area contributed by atoms with Crippen molar-refractivity contribution in [1.29, 1.82) is 0 Å². The first-order valence-corrected chi connectivity index (χ1v) is 8.54. The van der Waals surface area contributed by atoms with Crippen molar-refractivity contribution in [3.63, 3.8) is 0 Å². The van der Waals surface area contributed by atoms with Crippen molar-refractivity contribution in [2.45, 2.75) is 6.42 Å². The number of sulfone groups is 1. The lowest BCUT2D eigenvalue weighted by Crippen LogP contribution is -2.26. The molecule has 0 aliphatic rings. The summed E-state index contributed by atoms with van der Waals surface area (Å²) in [5, 5.41) is 3.44. The number of benzene rings is 1. The summed E-state index contributed by atoms with van der Waals surface area (Å²) < 4.78 is 22.0. The Kier molecular flexibility index (Phi) is 4.42. The number of fused-ring (bicyclic) bond motifs is 1. The smallest absolute Gasteiger partial charge is 0.269 e. The number of nitrogens with two attached hydrogens (primary N) is 1. The quantitative estimate of drug-likeness (QED) is 0.802. The largest absolute Gasteiger partial charge is 0.398 e. The minimum Gasteiger partial charge on any atom is -0.398 e. The molecule has 2 rings (SSSR count). The summed E-state index contributed by atoms with van der Waals surface area (Å²) >= 11 is 0. The Labute approximate surface area is 123 Å². The van der Waals surface area contributed by atoms with Gasteiger partial charge in [0, 0.05) is 23.9 Å². The molecule has 21 heavy (non-hydrogen) atoms. The van der Waals surface area contributed by atoms with Crippen molar-refractivity contribution in [3.8, 4) is 0 Å². The van der Waals surface area contributed by atoms with E-state index in [0.29, 0.717) is 17.6 Å². The Morgan fingerprint density at radius 2 is 2.05 bits per heavy atom. The molecule has 1 heterocycles. The Hall–Kier alpha value is -2.15. The lowest BCUT2D eigenvalue weighted by Gasteiger charge is -2.07. The van der Waals surface area contributed by atoms with Gasteiger partial charge in [0.2, 0.25) is 0 Å². The molecule has 0 saturated carbocycles. The fourth-order valence-corrected chi connectivity index (χ4v) is 2.61. The minimum atomic E-state index is -3.01. The van der Waals surface area contributed by atoms with Crippen molar-refractivity contribution >= 4 is 32.3 Å². The molecule has 0 saturated heterocycles. The number of hydrogen-bond donors (Lipinski definition) is 2. The molecule has 1 aromatic heterocycles. The summed E-state index contributed by atoms with van der Waals surface area (Å²) in [7, 11) is -3.01. The number of aromatic nitrogens is 1. The van der Waals surface area contributed by atoms with E-state index >= 15 is 0 Å². The monoisotopic (exact) mass is 307 g/mol. The second-order valence-corrected chi connectivity index (χ2v) is 7.11. The van der Waals surface area contributed by atoms with Gasteiger partial charge in [-0.25, -0.2) is 13.4 Å². The number of carbonyl (C=O) groups excluding carboxylic acids is 1. The molecule has 0 bridgehead atoms. The third kappa shape index (κ3) is 4.16. The third-order valence-electron chi connectivity index (χ3n) is 2.96. The van der Waals surface area contributed by atoms with E-state index in [-0.39, 0.29) is 23.9 Å². The van der Waals surface area contributed by atoms with Gasteiger partial charge in [-0.15, -0.1) is 0 Å². The second-order valence-electron chi connectivity index (χ2n) is 4.85. The Balaban J connectivity index is 2.06. The van der Waals surface area contributed by atoms with Crippen LogP contribution in [0, 0.1) is 0 Å². The van der Waals surface area contributed by atoms with Gasteiger partial charge in [-0.05, 0) is 18.6 Å². The van der Waals surface area contributed by atoms with Crippen LogP contribution in [0.2, 0.25) is 0 Å². The maximum absolute atomic E-state index is 12.0. The number of nitrogens with one attached hydrogen (secondary N) is 1. The molecule has 0 aliphatic heterocycles. The van der Waals surface area contributed by atoms with Gasteiger partial charge in [-0.1, -0.05) is 18.2 Å². The van der Waals surface area contributed by atoms with Gasteiger partial charge >= 0.3 is 0 Å². The SMILES string of the molecule is CS(=O)(=O)CCCNC(=O)c1cc(N)c2ccccc2n1. The van der Waals surface area contributed by atoms with Crippen LogP contribution in [0.5, 0.6) is 0 Å². The third-order valence-corrected chi connectivity index (χ3v) is 3.99. The van der Waals surface area contributed by atoms with Crippen molar-refractivity contribution in [2.24, 2.45) is 0 Å². The van der Waals surface area contributed by atoms with Gasteiger partial charge in [-0.2, -0.15) is 0 Å². The number of rotatable bonds is 5. The van der Waals surface area contributed by atoms with E-state index in [2.05, 4.69) is 10.3 Å². The van der Waals surface area contributed by atoms with Gasteiger partial charge < -0.3 is 11.1 Å². The summed E-state index contributed by atoms with van der Waals surface area (Å²) in [5.74, 6) is -0.318. The van der Waals surface area contributed by atoms with E-state index < -0.39 is 9.84 Å². The van der Waals surface area contributed by atoms with E-state index in [1.54, 1.807) is 6.07 Å². The number of nitrogens with zero attached hydrogens (tertiary/aromatic N) is 1. The average molecular weight is 307 g/mol. The number of nitrogen functional groups attached to an aromatic ring is 1. The van der Waals surface area contributed by atoms with Crippen LogP contribution in [0.3, 0.4) is 0 Å². The molecule has 0 atom stereocenters. The Morgan fingerprint density at radius 1 is 1.33 bits per heavy atom. The molecule has 0 spiro atoms. The standard InChI is InChI=1S/C14H17N3O3S/c1-21(19,20)8-4-7-16-14(18)13-9-11(15)10-5-2-3-6-12(10)17-13/h2-3,5-6,9H,4,7-8H2,1H3,(H2,15,17)(H,16,18). The molecule has 0 radical (unpaired) electrons. The molecule has 112 valence electrons. The number of hydrogen-bond acceptors (Lipinski definition) is 5. The zero-order valence-electron chi connectivity index (χ0n) is 11.7. The molecule has 7 heteroatoms. The van der Waals surface area contributed by atoms with Gasteiger partial charge in [0.1, 0.15) is 15.5 Å². The normalized spacial score (nSPS) is 11.5. The summed E-state index contributed by atoms with van der Waals surface area (Å²) in [6.45, 7) is 0.278. The van der Waals surface area contributed by atoms with E-state index in [1.165, 1.54) is 12.3 Å². The van der Waals surface area contributed by atoms with E-state index in [4.69, 9.17) is 5.73 Å². The maximum Gasteiger partial charge on any atom is 0.269 e. The van der Waals surface area contributed by atoms with E-state index in [9.17, 15) is 13.2 Å². The second kappa shape index (κ2) is 6.09. The molecular formula is C14H17N3O3S.